The highest BCUT2D eigenvalue weighted by Gasteiger charge is 2.28. The lowest BCUT2D eigenvalue weighted by molar-refractivity contribution is -0.617. The van der Waals surface area contributed by atoms with Gasteiger partial charge in [-0.05, 0) is 60.4 Å². The minimum Gasteiger partial charge on any atom is -0.252 e. The molecule has 2 aromatic carbocycles. The number of benzene rings is 2. The van der Waals surface area contributed by atoms with E-state index in [4.69, 9.17) is 4.98 Å². The highest BCUT2D eigenvalue weighted by Crippen LogP contribution is 2.36. The van der Waals surface area contributed by atoms with E-state index in [1.165, 1.54) is 49.8 Å². The summed E-state index contributed by atoms with van der Waals surface area (Å²) in [7, 11) is 2.19. The van der Waals surface area contributed by atoms with Crippen molar-refractivity contribution in [1.29, 1.82) is 0 Å². The molecule has 0 amide bonds. The molecule has 0 bridgehead atoms. The van der Waals surface area contributed by atoms with Crippen molar-refractivity contribution in [3.8, 4) is 0 Å². The van der Waals surface area contributed by atoms with Gasteiger partial charge in [0.2, 0.25) is 0 Å². The predicted octanol–water partition coefficient (Wildman–Crippen LogP) is 7.10. The van der Waals surface area contributed by atoms with Gasteiger partial charge in [-0.25, -0.2) is 4.57 Å². The summed E-state index contributed by atoms with van der Waals surface area (Å²) in [5.41, 5.74) is 10.4. The molecule has 0 radical (unpaired) electrons. The van der Waals surface area contributed by atoms with Gasteiger partial charge in [-0.15, -0.1) is 0 Å². The van der Waals surface area contributed by atoms with Gasteiger partial charge in [-0.1, -0.05) is 65.8 Å². The molecule has 0 aliphatic carbocycles. The van der Waals surface area contributed by atoms with Crippen molar-refractivity contribution in [1.82, 2.24) is 9.38 Å². The fourth-order valence-corrected chi connectivity index (χ4v) is 5.43. The van der Waals surface area contributed by atoms with Gasteiger partial charge in [0.1, 0.15) is 5.52 Å². The van der Waals surface area contributed by atoms with Crippen LogP contribution in [0.5, 0.6) is 0 Å². The van der Waals surface area contributed by atoms with Crippen molar-refractivity contribution in [3.05, 3.63) is 65.4 Å². The molecule has 170 valence electrons. The van der Waals surface area contributed by atoms with Crippen LogP contribution < -0.4 is 4.57 Å². The number of fused-ring (bicyclic) bond motifs is 8. The van der Waals surface area contributed by atoms with E-state index in [9.17, 15) is 0 Å². The van der Waals surface area contributed by atoms with Crippen molar-refractivity contribution in [2.24, 2.45) is 17.9 Å². The third-order valence-corrected chi connectivity index (χ3v) is 6.54. The predicted molar refractivity (Wildman–Crippen MR) is 140 cm³/mol. The molecule has 3 heteroatoms. The van der Waals surface area contributed by atoms with Crippen LogP contribution >= 0.6 is 0 Å². The molecule has 0 unspecified atom stereocenters. The van der Waals surface area contributed by atoms with E-state index in [0.717, 1.165) is 18.4 Å². The fraction of sp³-hybridized carbons (Fsp3) is 0.400. The van der Waals surface area contributed by atoms with Gasteiger partial charge >= 0.3 is 0 Å². The highest BCUT2D eigenvalue weighted by atomic mass is 15.1. The molecule has 0 N–H and O–H groups in total. The molecule has 0 saturated heterocycles. The summed E-state index contributed by atoms with van der Waals surface area (Å²) in [6.07, 6.45) is 1.98. The summed E-state index contributed by atoms with van der Waals surface area (Å²) in [6.45, 7) is 16.1. The van der Waals surface area contributed by atoms with E-state index < -0.39 is 0 Å². The molecule has 3 aromatic heterocycles. The average molecular weight is 439 g/mol. The Morgan fingerprint density at radius 2 is 1.58 bits per heavy atom. The van der Waals surface area contributed by atoms with Crippen molar-refractivity contribution >= 4 is 38.5 Å². The molecule has 33 heavy (non-hydrogen) atoms. The second kappa shape index (κ2) is 7.28. The normalized spacial score (nSPS) is 13.1. The topological polar surface area (TPSA) is 21.2 Å². The summed E-state index contributed by atoms with van der Waals surface area (Å²) in [4.78, 5) is 5.32. The number of hydrogen-bond donors (Lipinski definition) is 0. The number of hydrogen-bond acceptors (Lipinski definition) is 1. The van der Waals surface area contributed by atoms with Gasteiger partial charge in [-0.3, -0.25) is 4.98 Å². The number of nitrogens with zero attached hydrogens (tertiary/aromatic N) is 3. The smallest absolute Gasteiger partial charge is 0.252 e. The van der Waals surface area contributed by atoms with Crippen LogP contribution in [-0.4, -0.2) is 9.38 Å². The zero-order chi connectivity index (χ0) is 23.7. The fourth-order valence-electron chi connectivity index (χ4n) is 5.43. The zero-order valence-electron chi connectivity index (χ0n) is 21.4. The van der Waals surface area contributed by atoms with E-state index in [1.807, 2.05) is 0 Å². The second-order valence-electron chi connectivity index (χ2n) is 12.1. The van der Waals surface area contributed by atoms with Crippen LogP contribution in [0.2, 0.25) is 0 Å². The lowest BCUT2D eigenvalue weighted by Gasteiger charge is -2.20. The van der Waals surface area contributed by atoms with E-state index in [-0.39, 0.29) is 10.8 Å². The minimum atomic E-state index is 0.193. The number of rotatable bonds is 2. The van der Waals surface area contributed by atoms with Gasteiger partial charge in [0, 0.05) is 16.6 Å². The van der Waals surface area contributed by atoms with Crippen LogP contribution in [0.1, 0.15) is 58.4 Å². The SMILES string of the molecule is Cc1cc(CC(C)(C)C)nc2c3cccc(CC(C)(C)C)c3n3c4ccccc4[n+](C)c3c12. The Labute approximate surface area is 197 Å². The second-order valence-corrected chi connectivity index (χ2v) is 12.1. The minimum absolute atomic E-state index is 0.193. The molecule has 0 atom stereocenters. The lowest BCUT2D eigenvalue weighted by Crippen LogP contribution is -2.27. The molecular formula is C30H36N3+. The molecule has 5 aromatic rings. The van der Waals surface area contributed by atoms with Gasteiger partial charge in [0.15, 0.2) is 11.0 Å². The van der Waals surface area contributed by atoms with Crippen LogP contribution in [-0.2, 0) is 19.9 Å². The monoisotopic (exact) mass is 438 g/mol. The van der Waals surface area contributed by atoms with Gasteiger partial charge in [0.25, 0.3) is 5.65 Å². The largest absolute Gasteiger partial charge is 0.297 e. The summed E-state index contributed by atoms with van der Waals surface area (Å²) in [5, 5.41) is 2.51. The Kier molecular flexibility index (Phi) is 4.83. The van der Waals surface area contributed by atoms with Crippen molar-refractivity contribution in [2.75, 3.05) is 0 Å². The summed E-state index contributed by atoms with van der Waals surface area (Å²) in [5.74, 6) is 0. The van der Waals surface area contributed by atoms with E-state index in [1.54, 1.807) is 0 Å². The van der Waals surface area contributed by atoms with Crippen molar-refractivity contribution in [2.45, 2.75) is 61.3 Å². The third-order valence-electron chi connectivity index (χ3n) is 6.54. The number of para-hydroxylation sites is 3. The summed E-state index contributed by atoms with van der Waals surface area (Å²) >= 11 is 0. The maximum Gasteiger partial charge on any atom is 0.297 e. The first-order valence-corrected chi connectivity index (χ1v) is 12.1. The molecule has 0 aliphatic heterocycles. The molecule has 3 nitrogen and oxygen atoms in total. The Balaban J connectivity index is 2.05. The van der Waals surface area contributed by atoms with Crippen LogP contribution in [0.25, 0.3) is 38.5 Å². The number of pyridine rings is 2. The van der Waals surface area contributed by atoms with Crippen LogP contribution in [0.4, 0.5) is 0 Å². The molecule has 0 fully saturated rings. The van der Waals surface area contributed by atoms with E-state index in [2.05, 4.69) is 113 Å². The molecule has 0 spiro atoms. The Hall–Kier alpha value is -2.94. The first-order chi connectivity index (χ1) is 15.4. The Bertz CT molecular complexity index is 1540. The number of aryl methyl sites for hydroxylation is 2. The summed E-state index contributed by atoms with van der Waals surface area (Å²) < 4.78 is 4.84. The highest BCUT2D eigenvalue weighted by molar-refractivity contribution is 6.12. The first kappa shape index (κ1) is 21.9. The van der Waals surface area contributed by atoms with Crippen LogP contribution in [0.3, 0.4) is 0 Å². The standard InChI is InChI=1S/C30H36N3/c1-19-16-21(18-30(5,6)7)31-26-22-13-11-12-20(17-29(2,3)4)27(22)33-24-15-10-9-14-23(24)32(8)28(33)25(19)26/h9-16H,17-18H2,1-8H3/q+1. The maximum absolute atomic E-state index is 5.32. The Morgan fingerprint density at radius 1 is 0.879 bits per heavy atom. The van der Waals surface area contributed by atoms with Gasteiger partial charge < -0.3 is 0 Å². The lowest BCUT2D eigenvalue weighted by atomic mass is 9.86. The van der Waals surface area contributed by atoms with Gasteiger partial charge in [0.05, 0.1) is 18.0 Å². The zero-order valence-corrected chi connectivity index (χ0v) is 21.4. The van der Waals surface area contributed by atoms with E-state index >= 15 is 0 Å². The van der Waals surface area contributed by atoms with Crippen molar-refractivity contribution < 1.29 is 4.57 Å². The molecular weight excluding hydrogens is 402 g/mol. The van der Waals surface area contributed by atoms with Crippen LogP contribution in [0, 0.1) is 17.8 Å². The quantitative estimate of drug-likeness (QED) is 0.213. The number of imidazole rings is 1. The van der Waals surface area contributed by atoms with Gasteiger partial charge in [-0.2, -0.15) is 4.40 Å². The molecule has 3 heterocycles. The van der Waals surface area contributed by atoms with E-state index in [0.29, 0.717) is 0 Å². The third kappa shape index (κ3) is 3.68. The molecule has 0 aliphatic rings. The average Bonchev–Trinajstić information content (AvgIpc) is 2.98. The number of aromatic nitrogens is 3. The van der Waals surface area contributed by atoms with Crippen LogP contribution in [0.15, 0.2) is 48.5 Å². The summed E-state index contributed by atoms with van der Waals surface area (Å²) in [6, 6.07) is 17.8. The maximum atomic E-state index is 5.32. The first-order valence-electron chi connectivity index (χ1n) is 12.1. The molecule has 0 saturated carbocycles. The Morgan fingerprint density at radius 3 is 2.27 bits per heavy atom. The van der Waals surface area contributed by atoms with Crippen molar-refractivity contribution in [3.63, 3.8) is 0 Å². The molecule has 5 rings (SSSR count).